The summed E-state index contributed by atoms with van der Waals surface area (Å²) < 4.78 is 0. The lowest BCUT2D eigenvalue weighted by Gasteiger charge is -2.34. The molecule has 22 heavy (non-hydrogen) atoms. The maximum absolute atomic E-state index is 11.4. The number of guanidine groups is 1. The van der Waals surface area contributed by atoms with Gasteiger partial charge in [-0.1, -0.05) is 6.08 Å². The summed E-state index contributed by atoms with van der Waals surface area (Å²) in [4.78, 5) is 22.6. The van der Waals surface area contributed by atoms with E-state index in [1.807, 2.05) is 31.5 Å². The molecule has 1 aromatic carbocycles. The number of aliphatic imine (C=N–C) groups is 2. The topological polar surface area (TPSA) is 69.1 Å². The van der Waals surface area contributed by atoms with Crippen molar-refractivity contribution in [2.45, 2.75) is 19.0 Å². The predicted octanol–water partition coefficient (Wildman–Crippen LogP) is 1.82. The van der Waals surface area contributed by atoms with Crippen LogP contribution in [0.25, 0.3) is 0 Å². The van der Waals surface area contributed by atoms with E-state index in [1.165, 1.54) is 0 Å². The normalized spacial score (nSPS) is 25.4. The highest BCUT2D eigenvalue weighted by Crippen LogP contribution is 2.27. The molecular weight excluding hydrogens is 278 g/mol. The Morgan fingerprint density at radius 3 is 3.23 bits per heavy atom. The number of fused-ring (bicyclic) bond motifs is 2. The second kappa shape index (κ2) is 4.98. The van der Waals surface area contributed by atoms with E-state index in [0.29, 0.717) is 18.3 Å². The van der Waals surface area contributed by atoms with Crippen LogP contribution >= 0.6 is 0 Å². The number of anilines is 2. The summed E-state index contributed by atoms with van der Waals surface area (Å²) in [6.07, 6.45) is 7.68. The molecule has 2 atom stereocenters. The molecule has 1 aromatic rings. The van der Waals surface area contributed by atoms with Crippen molar-refractivity contribution in [3.05, 3.63) is 36.0 Å². The van der Waals surface area contributed by atoms with Crippen molar-refractivity contribution in [1.29, 1.82) is 0 Å². The first-order valence-electron chi connectivity index (χ1n) is 7.39. The summed E-state index contributed by atoms with van der Waals surface area (Å²) in [6.45, 7) is 0. The Bertz CT molecular complexity index is 721. The van der Waals surface area contributed by atoms with Gasteiger partial charge in [0.15, 0.2) is 0 Å². The zero-order valence-corrected chi connectivity index (χ0v) is 12.3. The van der Waals surface area contributed by atoms with Gasteiger partial charge >= 0.3 is 0 Å². The summed E-state index contributed by atoms with van der Waals surface area (Å²) in [5, 5.41) is 6.07. The second-order valence-electron chi connectivity index (χ2n) is 5.82. The summed E-state index contributed by atoms with van der Waals surface area (Å²) in [5.41, 5.74) is 2.80. The van der Waals surface area contributed by atoms with Crippen LogP contribution in [0.15, 0.2) is 40.5 Å². The summed E-state index contributed by atoms with van der Waals surface area (Å²) in [5.74, 6) is 0.988. The van der Waals surface area contributed by atoms with Gasteiger partial charge in [-0.2, -0.15) is 0 Å². The van der Waals surface area contributed by atoms with Gasteiger partial charge in [0.25, 0.3) is 0 Å². The molecule has 0 fully saturated rings. The minimum absolute atomic E-state index is 0.0404. The molecule has 2 N–H and O–H groups in total. The lowest BCUT2D eigenvalue weighted by Crippen LogP contribution is -2.40. The molecule has 1 amide bonds. The van der Waals surface area contributed by atoms with Gasteiger partial charge in [0.05, 0.1) is 6.42 Å². The molecule has 0 saturated heterocycles. The summed E-state index contributed by atoms with van der Waals surface area (Å²) in [6, 6.07) is 5.81. The minimum Gasteiger partial charge on any atom is -0.359 e. The van der Waals surface area contributed by atoms with E-state index in [2.05, 4.69) is 37.8 Å². The van der Waals surface area contributed by atoms with Crippen molar-refractivity contribution < 1.29 is 4.79 Å². The average molecular weight is 295 g/mol. The molecule has 112 valence electrons. The Balaban J connectivity index is 1.55. The Labute approximate surface area is 128 Å². The van der Waals surface area contributed by atoms with Crippen LogP contribution in [0.4, 0.5) is 11.4 Å². The minimum atomic E-state index is 0.0404. The van der Waals surface area contributed by atoms with Gasteiger partial charge in [-0.15, -0.1) is 0 Å². The number of benzene rings is 1. The number of amides is 1. The van der Waals surface area contributed by atoms with E-state index in [4.69, 9.17) is 0 Å². The van der Waals surface area contributed by atoms with Crippen LogP contribution in [-0.4, -0.2) is 36.2 Å². The van der Waals surface area contributed by atoms with Crippen molar-refractivity contribution in [1.82, 2.24) is 4.90 Å². The van der Waals surface area contributed by atoms with Crippen LogP contribution in [-0.2, 0) is 11.2 Å². The van der Waals surface area contributed by atoms with E-state index in [0.717, 1.165) is 23.4 Å². The van der Waals surface area contributed by atoms with Crippen LogP contribution in [0.2, 0.25) is 0 Å². The Morgan fingerprint density at radius 2 is 2.32 bits per heavy atom. The number of carbonyl (C=O) groups is 1. The lowest BCUT2D eigenvalue weighted by atomic mass is 9.99. The Morgan fingerprint density at radius 1 is 1.41 bits per heavy atom. The van der Waals surface area contributed by atoms with E-state index >= 15 is 0 Å². The van der Waals surface area contributed by atoms with Crippen molar-refractivity contribution >= 4 is 29.5 Å². The fourth-order valence-corrected chi connectivity index (χ4v) is 3.05. The van der Waals surface area contributed by atoms with Gasteiger partial charge in [0, 0.05) is 30.6 Å². The predicted molar refractivity (Wildman–Crippen MR) is 87.1 cm³/mol. The van der Waals surface area contributed by atoms with Crippen molar-refractivity contribution in [3.63, 3.8) is 0 Å². The number of hydrogen-bond acceptors (Lipinski definition) is 5. The van der Waals surface area contributed by atoms with Crippen LogP contribution in [0.5, 0.6) is 0 Å². The third kappa shape index (κ3) is 2.26. The highest BCUT2D eigenvalue weighted by Gasteiger charge is 2.27. The fourth-order valence-electron chi connectivity index (χ4n) is 3.05. The maximum Gasteiger partial charge on any atom is 0.228 e. The van der Waals surface area contributed by atoms with Gasteiger partial charge < -0.3 is 15.5 Å². The number of rotatable bonds is 1. The lowest BCUT2D eigenvalue weighted by molar-refractivity contribution is -0.115. The SMILES string of the molecule is CN1C=CCC2C=NC(Nc3ccc4c(c3)CC(=O)N4)=NC21. The fraction of sp³-hybridized carbons (Fsp3) is 0.312. The Kier molecular flexibility index (Phi) is 2.96. The Hall–Kier alpha value is -2.63. The first-order valence-corrected chi connectivity index (χ1v) is 7.39. The number of carbonyl (C=O) groups excluding carboxylic acids is 1. The van der Waals surface area contributed by atoms with Crippen LogP contribution in [0, 0.1) is 5.92 Å². The van der Waals surface area contributed by atoms with Crippen LogP contribution in [0.3, 0.4) is 0 Å². The third-order valence-corrected chi connectivity index (χ3v) is 4.18. The number of hydrogen-bond donors (Lipinski definition) is 2. The zero-order chi connectivity index (χ0) is 15.1. The van der Waals surface area contributed by atoms with Crippen LogP contribution < -0.4 is 10.6 Å². The molecule has 0 spiro atoms. The molecule has 0 radical (unpaired) electrons. The van der Waals surface area contributed by atoms with Gasteiger partial charge in [0.2, 0.25) is 11.9 Å². The maximum atomic E-state index is 11.4. The van der Waals surface area contributed by atoms with Crippen molar-refractivity contribution in [3.8, 4) is 0 Å². The molecular formula is C16H17N5O. The number of allylic oxidation sites excluding steroid dienone is 1. The molecule has 3 aliphatic rings. The molecule has 3 aliphatic heterocycles. The van der Waals surface area contributed by atoms with E-state index in [-0.39, 0.29) is 12.1 Å². The molecule has 0 aromatic heterocycles. The first-order chi connectivity index (χ1) is 10.7. The molecule has 6 heteroatoms. The molecule has 4 rings (SSSR count). The molecule has 3 heterocycles. The van der Waals surface area contributed by atoms with Gasteiger partial charge in [-0.25, -0.2) is 9.98 Å². The average Bonchev–Trinajstić information content (AvgIpc) is 2.87. The van der Waals surface area contributed by atoms with Gasteiger partial charge in [-0.3, -0.25) is 4.79 Å². The van der Waals surface area contributed by atoms with Crippen molar-refractivity contribution in [2.24, 2.45) is 15.9 Å². The number of nitrogens with zero attached hydrogens (tertiary/aromatic N) is 3. The molecule has 0 aliphatic carbocycles. The second-order valence-corrected chi connectivity index (χ2v) is 5.82. The first kappa shape index (κ1) is 13.1. The molecule has 2 unspecified atom stereocenters. The third-order valence-electron chi connectivity index (χ3n) is 4.18. The van der Waals surface area contributed by atoms with E-state index in [1.54, 1.807) is 0 Å². The smallest absolute Gasteiger partial charge is 0.228 e. The monoisotopic (exact) mass is 295 g/mol. The summed E-state index contributed by atoms with van der Waals surface area (Å²) in [7, 11) is 2.03. The van der Waals surface area contributed by atoms with Gasteiger partial charge in [-0.05, 0) is 36.4 Å². The quantitative estimate of drug-likeness (QED) is 0.830. The molecule has 0 bridgehead atoms. The summed E-state index contributed by atoms with van der Waals surface area (Å²) >= 11 is 0. The zero-order valence-electron chi connectivity index (χ0n) is 12.3. The van der Waals surface area contributed by atoms with Gasteiger partial charge in [0.1, 0.15) is 6.17 Å². The van der Waals surface area contributed by atoms with Crippen molar-refractivity contribution in [2.75, 3.05) is 17.7 Å². The molecule has 6 nitrogen and oxygen atoms in total. The van der Waals surface area contributed by atoms with Crippen LogP contribution in [0.1, 0.15) is 12.0 Å². The number of nitrogens with one attached hydrogen (secondary N) is 2. The highest BCUT2D eigenvalue weighted by atomic mass is 16.1. The highest BCUT2D eigenvalue weighted by molar-refractivity contribution is 6.02. The standard InChI is InChI=1S/C16H17N5O/c1-21-6-2-3-10-9-17-16(20-15(10)21)18-12-4-5-13-11(7-12)8-14(22)19-13/h2,4-7,9-10,15H,3,8H2,1H3,(H,18,20)(H,19,22). The largest absolute Gasteiger partial charge is 0.359 e. The van der Waals surface area contributed by atoms with E-state index in [9.17, 15) is 4.79 Å². The molecule has 0 saturated carbocycles. The van der Waals surface area contributed by atoms with E-state index < -0.39 is 0 Å².